The summed E-state index contributed by atoms with van der Waals surface area (Å²) in [6, 6.07) is 7.56. The number of ether oxygens (including phenoxy) is 1. The highest BCUT2D eigenvalue weighted by Crippen LogP contribution is 2.28. The first-order valence-corrected chi connectivity index (χ1v) is 9.96. The van der Waals surface area contributed by atoms with Gasteiger partial charge >= 0.3 is 0 Å². The Labute approximate surface area is 149 Å². The van der Waals surface area contributed by atoms with Gasteiger partial charge in [-0.25, -0.2) is 8.42 Å². The number of hydrogen-bond donors (Lipinski definition) is 0. The molecular weight excluding hydrogens is 336 g/mol. The molecule has 0 spiro atoms. The summed E-state index contributed by atoms with van der Waals surface area (Å²) in [5, 5.41) is 0. The van der Waals surface area contributed by atoms with E-state index in [1.807, 2.05) is 45.0 Å². The average molecular weight is 360 g/mol. The van der Waals surface area contributed by atoms with Crippen molar-refractivity contribution in [2.45, 2.75) is 44.6 Å². The first-order chi connectivity index (χ1) is 11.9. The van der Waals surface area contributed by atoms with Crippen molar-refractivity contribution in [1.82, 2.24) is 9.29 Å². The normalized spacial score (nSPS) is 16.8. The maximum atomic E-state index is 13.1. The van der Waals surface area contributed by atoms with Crippen LogP contribution in [0.5, 0.6) is 5.75 Å². The fourth-order valence-electron chi connectivity index (χ4n) is 3.50. The van der Waals surface area contributed by atoms with E-state index in [1.54, 1.807) is 16.7 Å². The van der Waals surface area contributed by atoms with Gasteiger partial charge in [0.05, 0.1) is 11.1 Å². The Morgan fingerprint density at radius 2 is 1.76 bits per heavy atom. The minimum atomic E-state index is -3.47. The number of aryl methyl sites for hydroxylation is 3. The van der Waals surface area contributed by atoms with Gasteiger partial charge in [0.1, 0.15) is 11.9 Å². The molecule has 6 heteroatoms. The SMILES string of the molecule is Cc1cc(C)c(S(=O)(=O)N2CCC(Oc3cccnc3)CC2)c(C)c1. The molecular formula is C19H24N2O3S. The highest BCUT2D eigenvalue weighted by Gasteiger charge is 2.32. The minimum absolute atomic E-state index is 0.0239. The Hall–Kier alpha value is -1.92. The predicted octanol–water partition coefficient (Wildman–Crippen LogP) is 3.24. The average Bonchev–Trinajstić information content (AvgIpc) is 2.55. The monoisotopic (exact) mass is 360 g/mol. The molecule has 1 saturated heterocycles. The largest absolute Gasteiger partial charge is 0.489 e. The van der Waals surface area contributed by atoms with Gasteiger partial charge in [-0.1, -0.05) is 17.7 Å². The second kappa shape index (κ2) is 7.14. The van der Waals surface area contributed by atoms with Crippen LogP contribution in [0.1, 0.15) is 29.5 Å². The molecule has 2 heterocycles. The summed E-state index contributed by atoms with van der Waals surface area (Å²) >= 11 is 0. The van der Waals surface area contributed by atoms with Crippen LogP contribution < -0.4 is 4.74 Å². The van der Waals surface area contributed by atoms with Crippen LogP contribution in [0.15, 0.2) is 41.6 Å². The summed E-state index contributed by atoms with van der Waals surface area (Å²) in [6.45, 7) is 6.66. The van der Waals surface area contributed by atoms with Crippen molar-refractivity contribution in [2.24, 2.45) is 0 Å². The first kappa shape index (κ1) is 17.9. The molecule has 0 atom stereocenters. The van der Waals surface area contributed by atoms with Crippen LogP contribution in [-0.4, -0.2) is 36.9 Å². The van der Waals surface area contributed by atoms with Crippen molar-refractivity contribution in [3.63, 3.8) is 0 Å². The minimum Gasteiger partial charge on any atom is -0.489 e. The van der Waals surface area contributed by atoms with Crippen LogP contribution in [0, 0.1) is 20.8 Å². The second-order valence-electron chi connectivity index (χ2n) is 6.64. The lowest BCUT2D eigenvalue weighted by molar-refractivity contribution is 0.134. The van der Waals surface area contributed by atoms with E-state index >= 15 is 0 Å². The third kappa shape index (κ3) is 3.85. The molecule has 0 radical (unpaired) electrons. The molecule has 1 aliphatic rings. The summed E-state index contributed by atoms with van der Waals surface area (Å²) in [5.41, 5.74) is 2.70. The van der Waals surface area contributed by atoms with Crippen LogP contribution in [0.25, 0.3) is 0 Å². The number of piperidine rings is 1. The number of pyridine rings is 1. The van der Waals surface area contributed by atoms with E-state index in [4.69, 9.17) is 4.74 Å². The van der Waals surface area contributed by atoms with Gasteiger partial charge < -0.3 is 4.74 Å². The number of nitrogens with zero attached hydrogens (tertiary/aromatic N) is 2. The van der Waals surface area contributed by atoms with Crippen molar-refractivity contribution in [1.29, 1.82) is 0 Å². The zero-order valence-corrected chi connectivity index (χ0v) is 15.7. The third-order valence-electron chi connectivity index (χ3n) is 4.54. The fraction of sp³-hybridized carbons (Fsp3) is 0.421. The van der Waals surface area contributed by atoms with Crippen molar-refractivity contribution >= 4 is 10.0 Å². The highest BCUT2D eigenvalue weighted by molar-refractivity contribution is 7.89. The molecule has 2 aromatic rings. The molecule has 1 aromatic carbocycles. The first-order valence-electron chi connectivity index (χ1n) is 8.52. The number of benzene rings is 1. The molecule has 1 aromatic heterocycles. The standard InChI is InChI=1S/C19H24N2O3S/c1-14-11-15(2)19(16(3)12-14)25(22,23)21-9-6-17(7-10-21)24-18-5-4-8-20-13-18/h4-5,8,11-13,17H,6-7,9-10H2,1-3H3. The topological polar surface area (TPSA) is 59.5 Å². The lowest BCUT2D eigenvalue weighted by Crippen LogP contribution is -2.42. The van der Waals surface area contributed by atoms with E-state index < -0.39 is 10.0 Å². The van der Waals surface area contributed by atoms with Crippen molar-refractivity contribution in [2.75, 3.05) is 13.1 Å². The zero-order chi connectivity index (χ0) is 18.0. The van der Waals surface area contributed by atoms with Gasteiger partial charge in [0.2, 0.25) is 10.0 Å². The zero-order valence-electron chi connectivity index (χ0n) is 14.9. The highest BCUT2D eigenvalue weighted by atomic mass is 32.2. The molecule has 25 heavy (non-hydrogen) atoms. The van der Waals surface area contributed by atoms with Crippen molar-refractivity contribution < 1.29 is 13.2 Å². The molecule has 0 amide bonds. The Morgan fingerprint density at radius 3 is 2.32 bits per heavy atom. The van der Waals surface area contributed by atoms with E-state index in [0.717, 1.165) is 22.4 Å². The van der Waals surface area contributed by atoms with Crippen molar-refractivity contribution in [3.8, 4) is 5.75 Å². The molecule has 5 nitrogen and oxygen atoms in total. The molecule has 134 valence electrons. The number of sulfonamides is 1. The van der Waals surface area contributed by atoms with Gasteiger partial charge in [-0.2, -0.15) is 4.31 Å². The lowest BCUT2D eigenvalue weighted by atomic mass is 10.1. The number of hydrogen-bond acceptors (Lipinski definition) is 4. The van der Waals surface area contributed by atoms with E-state index in [2.05, 4.69) is 4.98 Å². The van der Waals surface area contributed by atoms with Gasteiger partial charge in [-0.05, 0) is 56.9 Å². The summed E-state index contributed by atoms with van der Waals surface area (Å²) in [4.78, 5) is 4.49. The van der Waals surface area contributed by atoms with Crippen LogP contribution in [0.3, 0.4) is 0 Å². The van der Waals surface area contributed by atoms with Gasteiger partial charge in [-0.15, -0.1) is 0 Å². The van der Waals surface area contributed by atoms with E-state index in [-0.39, 0.29) is 6.10 Å². The molecule has 0 unspecified atom stereocenters. The fourth-order valence-corrected chi connectivity index (χ4v) is 5.38. The Kier molecular flexibility index (Phi) is 5.11. The molecule has 1 fully saturated rings. The summed E-state index contributed by atoms with van der Waals surface area (Å²) < 4.78 is 33.6. The maximum absolute atomic E-state index is 13.1. The lowest BCUT2D eigenvalue weighted by Gasteiger charge is -2.32. The van der Waals surface area contributed by atoms with Crippen LogP contribution in [0.2, 0.25) is 0 Å². The smallest absolute Gasteiger partial charge is 0.243 e. The van der Waals surface area contributed by atoms with Crippen LogP contribution in [-0.2, 0) is 10.0 Å². The molecule has 3 rings (SSSR count). The van der Waals surface area contributed by atoms with E-state index in [1.165, 1.54) is 0 Å². The molecule has 0 saturated carbocycles. The van der Waals surface area contributed by atoms with Crippen LogP contribution >= 0.6 is 0 Å². The summed E-state index contributed by atoms with van der Waals surface area (Å²) in [6.07, 6.45) is 4.77. The summed E-state index contributed by atoms with van der Waals surface area (Å²) in [5.74, 6) is 0.731. The van der Waals surface area contributed by atoms with Gasteiger partial charge in [0.25, 0.3) is 0 Å². The maximum Gasteiger partial charge on any atom is 0.243 e. The molecule has 0 bridgehead atoms. The molecule has 1 aliphatic heterocycles. The van der Waals surface area contributed by atoms with E-state index in [0.29, 0.717) is 30.8 Å². The van der Waals surface area contributed by atoms with Crippen LogP contribution in [0.4, 0.5) is 0 Å². The second-order valence-corrected chi connectivity index (χ2v) is 8.51. The Bertz CT molecular complexity index is 819. The number of aromatic nitrogens is 1. The quantitative estimate of drug-likeness (QED) is 0.840. The third-order valence-corrected chi connectivity index (χ3v) is 6.75. The summed E-state index contributed by atoms with van der Waals surface area (Å²) in [7, 11) is -3.47. The molecule has 0 aliphatic carbocycles. The number of rotatable bonds is 4. The molecule has 0 N–H and O–H groups in total. The van der Waals surface area contributed by atoms with Gasteiger partial charge in [0.15, 0.2) is 0 Å². The van der Waals surface area contributed by atoms with Crippen molar-refractivity contribution in [3.05, 3.63) is 53.3 Å². The van der Waals surface area contributed by atoms with Gasteiger partial charge in [-0.3, -0.25) is 4.98 Å². The Balaban J connectivity index is 1.72. The Morgan fingerprint density at radius 1 is 1.12 bits per heavy atom. The predicted molar refractivity (Wildman–Crippen MR) is 97.3 cm³/mol. The van der Waals surface area contributed by atoms with E-state index in [9.17, 15) is 8.42 Å². The van der Waals surface area contributed by atoms with Gasteiger partial charge in [0, 0.05) is 19.3 Å².